The molecule has 1 aromatic heterocycles. The van der Waals surface area contributed by atoms with Crippen LogP contribution in [0.25, 0.3) is 11.3 Å². The van der Waals surface area contributed by atoms with Gasteiger partial charge >= 0.3 is 5.97 Å². The van der Waals surface area contributed by atoms with Crippen LogP contribution in [0, 0.1) is 5.92 Å². The third-order valence-electron chi connectivity index (χ3n) is 4.91. The molecule has 1 atom stereocenters. The third kappa shape index (κ3) is 4.37. The number of carboxylic acid groups (broad SMARTS) is 1. The smallest absolute Gasteiger partial charge is 0.335 e. The molecule has 3 rings (SSSR count). The average Bonchev–Trinajstić information content (AvgIpc) is 2.68. The molecule has 0 saturated carbocycles. The minimum atomic E-state index is -3.44. The van der Waals surface area contributed by atoms with Crippen molar-refractivity contribution in [3.8, 4) is 11.3 Å². The standard InChI is InChI=1S/C19H24N4O4S/c1-22(2)28(26,27)23-10-4-5-14(13-23)11-17-18(21-9-8-20-17)15-6-3-7-16(12-15)19(24)25/h3,6-9,12,14H,4-5,10-11,13H2,1-2H3,(H,24,25). The minimum Gasteiger partial charge on any atom is -0.478 e. The summed E-state index contributed by atoms with van der Waals surface area (Å²) in [6, 6.07) is 6.61. The number of carbonyl (C=O) groups is 1. The van der Waals surface area contributed by atoms with Crippen LogP contribution < -0.4 is 0 Å². The fraction of sp³-hybridized carbons (Fsp3) is 0.421. The second kappa shape index (κ2) is 8.34. The molecular formula is C19H24N4O4S. The summed E-state index contributed by atoms with van der Waals surface area (Å²) in [7, 11) is -0.363. The number of rotatable bonds is 6. The molecule has 0 bridgehead atoms. The normalized spacial score (nSPS) is 18.3. The zero-order valence-corrected chi connectivity index (χ0v) is 16.8. The summed E-state index contributed by atoms with van der Waals surface area (Å²) < 4.78 is 27.6. The van der Waals surface area contributed by atoms with Gasteiger partial charge in [0.2, 0.25) is 0 Å². The molecule has 150 valence electrons. The van der Waals surface area contributed by atoms with Gasteiger partial charge in [-0.2, -0.15) is 17.0 Å². The molecule has 0 spiro atoms. The summed E-state index contributed by atoms with van der Waals surface area (Å²) in [4.78, 5) is 20.1. The maximum absolute atomic E-state index is 12.4. The highest BCUT2D eigenvalue weighted by Crippen LogP contribution is 2.27. The predicted octanol–water partition coefficient (Wildman–Crippen LogP) is 1.90. The Bertz CT molecular complexity index is 962. The van der Waals surface area contributed by atoms with Crippen molar-refractivity contribution in [3.05, 3.63) is 47.9 Å². The zero-order valence-electron chi connectivity index (χ0n) is 15.9. The Balaban J connectivity index is 1.84. The molecule has 0 amide bonds. The van der Waals surface area contributed by atoms with Crippen LogP contribution in [0.3, 0.4) is 0 Å². The molecule has 1 aliphatic rings. The van der Waals surface area contributed by atoms with Crippen LogP contribution in [0.15, 0.2) is 36.7 Å². The molecule has 1 fully saturated rings. The van der Waals surface area contributed by atoms with Crippen LogP contribution in [0.1, 0.15) is 28.9 Å². The van der Waals surface area contributed by atoms with Crippen molar-refractivity contribution in [2.75, 3.05) is 27.2 Å². The Labute approximate surface area is 165 Å². The Morgan fingerprint density at radius 2 is 2.04 bits per heavy atom. The van der Waals surface area contributed by atoms with Gasteiger partial charge in [-0.25, -0.2) is 4.79 Å². The van der Waals surface area contributed by atoms with E-state index in [-0.39, 0.29) is 11.5 Å². The Hall–Kier alpha value is -2.36. The Morgan fingerprint density at radius 3 is 2.75 bits per heavy atom. The lowest BCUT2D eigenvalue weighted by atomic mass is 9.92. The van der Waals surface area contributed by atoms with Crippen LogP contribution >= 0.6 is 0 Å². The SMILES string of the molecule is CN(C)S(=O)(=O)N1CCCC(Cc2nccnc2-c2cccc(C(=O)O)c2)C1. The van der Waals surface area contributed by atoms with Gasteiger partial charge in [-0.05, 0) is 37.3 Å². The van der Waals surface area contributed by atoms with Crippen LogP contribution in [0.4, 0.5) is 0 Å². The summed E-state index contributed by atoms with van der Waals surface area (Å²) in [6.45, 7) is 0.955. The Kier molecular flexibility index (Phi) is 6.07. The van der Waals surface area contributed by atoms with E-state index in [2.05, 4.69) is 9.97 Å². The molecule has 8 nitrogen and oxygen atoms in total. The van der Waals surface area contributed by atoms with Crippen molar-refractivity contribution in [1.82, 2.24) is 18.6 Å². The molecule has 2 heterocycles. The van der Waals surface area contributed by atoms with Gasteiger partial charge in [-0.15, -0.1) is 0 Å². The third-order valence-corrected chi connectivity index (χ3v) is 6.82. The van der Waals surface area contributed by atoms with Crippen molar-refractivity contribution in [2.45, 2.75) is 19.3 Å². The number of aromatic nitrogens is 2. The highest BCUT2D eigenvalue weighted by atomic mass is 32.2. The van der Waals surface area contributed by atoms with Gasteiger partial charge in [0.05, 0.1) is 17.0 Å². The fourth-order valence-corrected chi connectivity index (χ4v) is 4.69. The van der Waals surface area contributed by atoms with E-state index >= 15 is 0 Å². The maximum atomic E-state index is 12.4. The monoisotopic (exact) mass is 404 g/mol. The minimum absolute atomic E-state index is 0.126. The largest absolute Gasteiger partial charge is 0.478 e. The summed E-state index contributed by atoms with van der Waals surface area (Å²) in [5.41, 5.74) is 2.27. The second-order valence-electron chi connectivity index (χ2n) is 7.10. The molecule has 2 aromatic rings. The molecule has 28 heavy (non-hydrogen) atoms. The van der Waals surface area contributed by atoms with E-state index in [1.807, 2.05) is 6.07 Å². The first-order valence-corrected chi connectivity index (χ1v) is 10.5. The van der Waals surface area contributed by atoms with Crippen molar-refractivity contribution in [2.24, 2.45) is 5.92 Å². The number of piperidine rings is 1. The zero-order chi connectivity index (χ0) is 20.3. The highest BCUT2D eigenvalue weighted by Gasteiger charge is 2.31. The number of nitrogens with zero attached hydrogens (tertiary/aromatic N) is 4. The number of hydrogen-bond donors (Lipinski definition) is 1. The van der Waals surface area contributed by atoms with Gasteiger partial charge < -0.3 is 5.11 Å². The Morgan fingerprint density at radius 1 is 1.29 bits per heavy atom. The van der Waals surface area contributed by atoms with Gasteiger partial charge in [0.1, 0.15) is 0 Å². The number of aromatic carboxylic acids is 1. The van der Waals surface area contributed by atoms with E-state index in [0.29, 0.717) is 30.8 Å². The highest BCUT2D eigenvalue weighted by molar-refractivity contribution is 7.86. The molecule has 1 aromatic carbocycles. The van der Waals surface area contributed by atoms with E-state index in [4.69, 9.17) is 0 Å². The van der Waals surface area contributed by atoms with Crippen LogP contribution in [0.2, 0.25) is 0 Å². The summed E-state index contributed by atoms with van der Waals surface area (Å²) in [5.74, 6) is -0.870. The van der Waals surface area contributed by atoms with Gasteiger partial charge in [0.15, 0.2) is 0 Å². The van der Waals surface area contributed by atoms with Crippen LogP contribution in [-0.4, -0.2) is 65.3 Å². The van der Waals surface area contributed by atoms with Gasteiger partial charge in [-0.1, -0.05) is 12.1 Å². The molecule has 1 aliphatic heterocycles. The first kappa shape index (κ1) is 20.4. The fourth-order valence-electron chi connectivity index (χ4n) is 3.46. The molecular weight excluding hydrogens is 380 g/mol. The molecule has 1 N–H and O–H groups in total. The lowest BCUT2D eigenvalue weighted by molar-refractivity contribution is 0.0697. The number of benzene rings is 1. The van der Waals surface area contributed by atoms with Crippen molar-refractivity contribution >= 4 is 16.2 Å². The van der Waals surface area contributed by atoms with Crippen LogP contribution in [-0.2, 0) is 16.6 Å². The molecule has 0 radical (unpaired) electrons. The number of hydrogen-bond acceptors (Lipinski definition) is 5. The van der Waals surface area contributed by atoms with E-state index in [1.54, 1.807) is 24.5 Å². The summed E-state index contributed by atoms with van der Waals surface area (Å²) in [5, 5.41) is 9.23. The van der Waals surface area contributed by atoms with Crippen molar-refractivity contribution in [1.29, 1.82) is 0 Å². The van der Waals surface area contributed by atoms with E-state index in [0.717, 1.165) is 18.5 Å². The number of carboxylic acids is 1. The topological polar surface area (TPSA) is 104 Å². The van der Waals surface area contributed by atoms with Crippen molar-refractivity contribution in [3.63, 3.8) is 0 Å². The van der Waals surface area contributed by atoms with Crippen molar-refractivity contribution < 1.29 is 18.3 Å². The van der Waals surface area contributed by atoms with Gasteiger partial charge in [-0.3, -0.25) is 9.97 Å². The lowest BCUT2D eigenvalue weighted by Crippen LogP contribution is -2.45. The van der Waals surface area contributed by atoms with Gasteiger partial charge in [0, 0.05) is 45.1 Å². The van der Waals surface area contributed by atoms with E-state index in [1.165, 1.54) is 28.8 Å². The second-order valence-corrected chi connectivity index (χ2v) is 9.24. The first-order chi connectivity index (χ1) is 13.3. The quantitative estimate of drug-likeness (QED) is 0.789. The average molecular weight is 404 g/mol. The van der Waals surface area contributed by atoms with Crippen LogP contribution in [0.5, 0.6) is 0 Å². The predicted molar refractivity (Wildman–Crippen MR) is 105 cm³/mol. The summed E-state index contributed by atoms with van der Waals surface area (Å²) in [6.07, 6.45) is 5.47. The lowest BCUT2D eigenvalue weighted by Gasteiger charge is -2.33. The molecule has 0 aliphatic carbocycles. The molecule has 1 unspecified atom stereocenters. The van der Waals surface area contributed by atoms with Gasteiger partial charge in [0.25, 0.3) is 10.2 Å². The van der Waals surface area contributed by atoms with E-state index in [9.17, 15) is 18.3 Å². The van der Waals surface area contributed by atoms with E-state index < -0.39 is 16.2 Å². The molecule has 1 saturated heterocycles. The summed E-state index contributed by atoms with van der Waals surface area (Å²) >= 11 is 0. The maximum Gasteiger partial charge on any atom is 0.335 e. The first-order valence-electron chi connectivity index (χ1n) is 9.10. The molecule has 9 heteroatoms.